The van der Waals surface area contributed by atoms with Gasteiger partial charge in [0.15, 0.2) is 0 Å². The molecule has 2 aromatic rings. The Morgan fingerprint density at radius 1 is 1.19 bits per heavy atom. The third-order valence-electron chi connectivity index (χ3n) is 2.59. The van der Waals surface area contributed by atoms with E-state index in [0.717, 1.165) is 28.9 Å². The van der Waals surface area contributed by atoms with Crippen LogP contribution in [-0.4, -0.2) is 16.1 Å². The van der Waals surface area contributed by atoms with Crippen LogP contribution in [0.25, 0.3) is 5.69 Å². The Morgan fingerprint density at radius 2 is 1.94 bits per heavy atom. The molecule has 0 radical (unpaired) electrons. The van der Waals surface area contributed by atoms with E-state index in [1.54, 1.807) is 0 Å². The molecule has 1 aromatic heterocycles. The SMILES string of the molecule is Cc1cc(C)n(-c2ccc(C=O)cc2C)n1. The van der Waals surface area contributed by atoms with Gasteiger partial charge in [-0.15, -0.1) is 0 Å². The summed E-state index contributed by atoms with van der Waals surface area (Å²) in [5, 5.41) is 4.43. The van der Waals surface area contributed by atoms with Crippen molar-refractivity contribution in [2.24, 2.45) is 0 Å². The van der Waals surface area contributed by atoms with Crippen LogP contribution in [0.1, 0.15) is 27.3 Å². The fraction of sp³-hybridized carbons (Fsp3) is 0.231. The van der Waals surface area contributed by atoms with Gasteiger partial charge >= 0.3 is 0 Å². The van der Waals surface area contributed by atoms with Crippen LogP contribution in [0.15, 0.2) is 24.3 Å². The third-order valence-corrected chi connectivity index (χ3v) is 2.59. The van der Waals surface area contributed by atoms with Gasteiger partial charge in [0.2, 0.25) is 0 Å². The van der Waals surface area contributed by atoms with Crippen molar-refractivity contribution >= 4 is 6.29 Å². The summed E-state index contributed by atoms with van der Waals surface area (Å²) in [4.78, 5) is 10.7. The molecule has 2 rings (SSSR count). The maximum Gasteiger partial charge on any atom is 0.150 e. The lowest BCUT2D eigenvalue weighted by Crippen LogP contribution is -2.02. The molecule has 0 saturated carbocycles. The quantitative estimate of drug-likeness (QED) is 0.720. The molecule has 1 heterocycles. The molecule has 0 fully saturated rings. The topological polar surface area (TPSA) is 34.9 Å². The largest absolute Gasteiger partial charge is 0.298 e. The minimum absolute atomic E-state index is 0.697. The van der Waals surface area contributed by atoms with Crippen molar-refractivity contribution in [3.05, 3.63) is 46.8 Å². The molecule has 82 valence electrons. The van der Waals surface area contributed by atoms with Gasteiger partial charge in [-0.1, -0.05) is 0 Å². The molecule has 3 nitrogen and oxygen atoms in total. The van der Waals surface area contributed by atoms with Gasteiger partial charge in [0.25, 0.3) is 0 Å². The van der Waals surface area contributed by atoms with Crippen molar-refractivity contribution in [2.75, 3.05) is 0 Å². The van der Waals surface area contributed by atoms with Crippen LogP contribution in [-0.2, 0) is 0 Å². The van der Waals surface area contributed by atoms with Gasteiger partial charge in [-0.3, -0.25) is 4.79 Å². The Balaban J connectivity index is 2.56. The lowest BCUT2D eigenvalue weighted by atomic mass is 10.1. The second kappa shape index (κ2) is 3.93. The van der Waals surface area contributed by atoms with Gasteiger partial charge in [0.05, 0.1) is 11.4 Å². The summed E-state index contributed by atoms with van der Waals surface area (Å²) in [6.07, 6.45) is 0.859. The molecular weight excluding hydrogens is 200 g/mol. The van der Waals surface area contributed by atoms with Crippen LogP contribution in [0.3, 0.4) is 0 Å². The number of aldehydes is 1. The lowest BCUT2D eigenvalue weighted by molar-refractivity contribution is 0.112. The molecule has 1 aromatic carbocycles. The molecule has 0 saturated heterocycles. The molecule has 0 bridgehead atoms. The maximum atomic E-state index is 10.7. The summed E-state index contributed by atoms with van der Waals surface area (Å²) in [7, 11) is 0. The predicted octanol–water partition coefficient (Wildman–Crippen LogP) is 2.61. The number of benzene rings is 1. The standard InChI is InChI=1S/C13H14N2O/c1-9-6-12(8-16)4-5-13(9)15-11(3)7-10(2)14-15/h4-8H,1-3H3. The van der Waals surface area contributed by atoms with Gasteiger partial charge < -0.3 is 0 Å². The minimum Gasteiger partial charge on any atom is -0.298 e. The fourth-order valence-electron chi connectivity index (χ4n) is 1.86. The summed E-state index contributed by atoms with van der Waals surface area (Å²) in [5.74, 6) is 0. The molecule has 16 heavy (non-hydrogen) atoms. The van der Waals surface area contributed by atoms with Gasteiger partial charge in [-0.25, -0.2) is 4.68 Å². The highest BCUT2D eigenvalue weighted by atomic mass is 16.1. The Morgan fingerprint density at radius 3 is 2.44 bits per heavy atom. The highest BCUT2D eigenvalue weighted by Crippen LogP contribution is 2.17. The maximum absolute atomic E-state index is 10.7. The predicted molar refractivity (Wildman–Crippen MR) is 63.2 cm³/mol. The summed E-state index contributed by atoms with van der Waals surface area (Å²) in [6, 6.07) is 7.65. The summed E-state index contributed by atoms with van der Waals surface area (Å²) < 4.78 is 1.90. The van der Waals surface area contributed by atoms with Crippen molar-refractivity contribution in [1.29, 1.82) is 0 Å². The van der Waals surface area contributed by atoms with Gasteiger partial charge in [0, 0.05) is 11.3 Å². The zero-order valence-electron chi connectivity index (χ0n) is 9.69. The third kappa shape index (κ3) is 1.76. The van der Waals surface area contributed by atoms with E-state index in [2.05, 4.69) is 5.10 Å². The number of aromatic nitrogens is 2. The van der Waals surface area contributed by atoms with E-state index in [4.69, 9.17) is 0 Å². The fourth-order valence-corrected chi connectivity index (χ4v) is 1.86. The Labute approximate surface area is 94.7 Å². The summed E-state index contributed by atoms with van der Waals surface area (Å²) in [6.45, 7) is 5.98. The van der Waals surface area contributed by atoms with E-state index in [1.807, 2.05) is 49.7 Å². The van der Waals surface area contributed by atoms with Gasteiger partial charge in [-0.05, 0) is 50.6 Å². The average molecular weight is 214 g/mol. The first-order valence-corrected chi connectivity index (χ1v) is 5.21. The number of carbonyl (C=O) groups is 1. The van der Waals surface area contributed by atoms with E-state index in [-0.39, 0.29) is 0 Å². The number of carbonyl (C=O) groups excluding carboxylic acids is 1. The van der Waals surface area contributed by atoms with Gasteiger partial charge in [-0.2, -0.15) is 5.10 Å². The Hall–Kier alpha value is -1.90. The van der Waals surface area contributed by atoms with Crippen LogP contribution in [0.2, 0.25) is 0 Å². The molecule has 0 unspecified atom stereocenters. The van der Waals surface area contributed by atoms with Crippen LogP contribution >= 0.6 is 0 Å². The van der Waals surface area contributed by atoms with E-state index >= 15 is 0 Å². The molecule has 0 spiro atoms. The van der Waals surface area contributed by atoms with Gasteiger partial charge in [0.1, 0.15) is 6.29 Å². The molecule has 0 aliphatic rings. The lowest BCUT2D eigenvalue weighted by Gasteiger charge is -2.08. The first-order valence-electron chi connectivity index (χ1n) is 5.21. The number of rotatable bonds is 2. The molecule has 0 amide bonds. The minimum atomic E-state index is 0.697. The van der Waals surface area contributed by atoms with Crippen molar-refractivity contribution in [3.8, 4) is 5.69 Å². The normalized spacial score (nSPS) is 10.4. The zero-order valence-corrected chi connectivity index (χ0v) is 9.69. The summed E-state index contributed by atoms with van der Waals surface area (Å²) >= 11 is 0. The molecular formula is C13H14N2O. The zero-order chi connectivity index (χ0) is 11.7. The number of hydrogen-bond donors (Lipinski definition) is 0. The highest BCUT2D eigenvalue weighted by molar-refractivity contribution is 5.75. The van der Waals surface area contributed by atoms with E-state index in [0.29, 0.717) is 5.56 Å². The number of aryl methyl sites for hydroxylation is 3. The molecule has 0 N–H and O–H groups in total. The smallest absolute Gasteiger partial charge is 0.150 e. The summed E-state index contributed by atoms with van der Waals surface area (Å²) in [5.41, 5.74) is 4.87. The van der Waals surface area contributed by atoms with E-state index < -0.39 is 0 Å². The molecule has 0 aliphatic heterocycles. The van der Waals surface area contributed by atoms with E-state index in [9.17, 15) is 4.79 Å². The van der Waals surface area contributed by atoms with Crippen LogP contribution < -0.4 is 0 Å². The Kier molecular flexibility index (Phi) is 2.60. The van der Waals surface area contributed by atoms with E-state index in [1.165, 1.54) is 0 Å². The number of nitrogens with zero attached hydrogens (tertiary/aromatic N) is 2. The monoisotopic (exact) mass is 214 g/mol. The second-order valence-electron chi connectivity index (χ2n) is 4.00. The molecule has 3 heteroatoms. The van der Waals surface area contributed by atoms with Crippen molar-refractivity contribution < 1.29 is 4.79 Å². The van der Waals surface area contributed by atoms with Crippen molar-refractivity contribution in [1.82, 2.24) is 9.78 Å². The average Bonchev–Trinajstić information content (AvgIpc) is 2.57. The second-order valence-corrected chi connectivity index (χ2v) is 4.00. The first-order chi connectivity index (χ1) is 7.61. The Bertz CT molecular complexity index is 541. The molecule has 0 atom stereocenters. The molecule has 0 aliphatic carbocycles. The van der Waals surface area contributed by atoms with Crippen LogP contribution in [0, 0.1) is 20.8 Å². The first kappa shape index (κ1) is 10.6. The number of hydrogen-bond acceptors (Lipinski definition) is 2. The van der Waals surface area contributed by atoms with Crippen molar-refractivity contribution in [2.45, 2.75) is 20.8 Å². The van der Waals surface area contributed by atoms with Crippen molar-refractivity contribution in [3.63, 3.8) is 0 Å². The highest BCUT2D eigenvalue weighted by Gasteiger charge is 2.06. The van der Waals surface area contributed by atoms with Crippen LogP contribution in [0.4, 0.5) is 0 Å². The van der Waals surface area contributed by atoms with Crippen LogP contribution in [0.5, 0.6) is 0 Å².